The molecule has 0 aliphatic rings. The van der Waals surface area contributed by atoms with Crippen molar-refractivity contribution in [3.05, 3.63) is 46.3 Å². The Hall–Kier alpha value is -2.65. The van der Waals surface area contributed by atoms with Gasteiger partial charge in [-0.3, -0.25) is 20.1 Å². The molecule has 0 spiro atoms. The number of aryl methyl sites for hydroxylation is 2. The number of amides is 3. The minimum atomic E-state index is -0.500. The maximum absolute atomic E-state index is 12.0. The lowest BCUT2D eigenvalue weighted by atomic mass is 9.90. The maximum Gasteiger partial charge on any atom is 0.411 e. The second-order valence-corrected chi connectivity index (χ2v) is 11.6. The van der Waals surface area contributed by atoms with Gasteiger partial charge in [-0.05, 0) is 80.9 Å². The van der Waals surface area contributed by atoms with Crippen molar-refractivity contribution in [1.29, 1.82) is 0 Å². The summed E-state index contributed by atoms with van der Waals surface area (Å²) in [5.41, 5.74) is 3.44. The highest BCUT2D eigenvalue weighted by atomic mass is 32.1. The van der Waals surface area contributed by atoms with E-state index < -0.39 is 11.7 Å². The van der Waals surface area contributed by atoms with Gasteiger partial charge in [-0.25, -0.2) is 10.3 Å². The number of carbonyl (C=O) groups is 3. The molecule has 1 rings (SSSR count). The van der Waals surface area contributed by atoms with Crippen molar-refractivity contribution < 1.29 is 24.3 Å². The first-order valence-corrected chi connectivity index (χ1v) is 15.0. The molecule has 0 bridgehead atoms. The Morgan fingerprint density at radius 1 is 1.15 bits per heavy atom. The van der Waals surface area contributed by atoms with Crippen molar-refractivity contribution in [3.8, 4) is 0 Å². The van der Waals surface area contributed by atoms with Crippen molar-refractivity contribution in [2.24, 2.45) is 11.3 Å². The molecular formula is C31H57N3O5S. The molecule has 0 aliphatic heterocycles. The fourth-order valence-corrected chi connectivity index (χ4v) is 3.56. The molecule has 3 amide bonds. The quantitative estimate of drug-likeness (QED) is 0.0876. The van der Waals surface area contributed by atoms with Crippen molar-refractivity contribution in [2.45, 2.75) is 114 Å². The number of nitrogens with one attached hydrogen (secondary N) is 3. The van der Waals surface area contributed by atoms with Crippen LogP contribution in [0.1, 0.15) is 106 Å². The summed E-state index contributed by atoms with van der Waals surface area (Å²) >= 11 is 1.82. The van der Waals surface area contributed by atoms with Crippen LogP contribution < -0.4 is 16.1 Å². The largest absolute Gasteiger partial charge is 0.444 e. The van der Waals surface area contributed by atoms with Crippen LogP contribution in [0.15, 0.2) is 35.9 Å². The summed E-state index contributed by atoms with van der Waals surface area (Å²) in [6.07, 6.45) is 8.35. The molecule has 4 N–H and O–H groups in total. The molecule has 0 radical (unpaired) electrons. The van der Waals surface area contributed by atoms with Gasteiger partial charge in [0.2, 0.25) is 12.3 Å². The minimum Gasteiger partial charge on any atom is -0.444 e. The molecule has 1 aromatic heterocycles. The van der Waals surface area contributed by atoms with E-state index in [1.807, 2.05) is 52.0 Å². The van der Waals surface area contributed by atoms with E-state index in [1.54, 1.807) is 13.0 Å². The molecule has 0 fully saturated rings. The Bertz CT molecular complexity index is 851. The molecule has 0 saturated heterocycles. The van der Waals surface area contributed by atoms with Crippen molar-refractivity contribution in [2.75, 3.05) is 6.54 Å². The number of ether oxygens (including phenoxy) is 1. The van der Waals surface area contributed by atoms with Crippen molar-refractivity contribution in [3.63, 3.8) is 0 Å². The Labute approximate surface area is 248 Å². The van der Waals surface area contributed by atoms with Crippen LogP contribution in [0.4, 0.5) is 4.79 Å². The van der Waals surface area contributed by atoms with E-state index >= 15 is 0 Å². The normalized spacial score (nSPS) is 11.6. The van der Waals surface area contributed by atoms with Gasteiger partial charge < -0.3 is 10.1 Å². The maximum atomic E-state index is 12.0. The predicted octanol–water partition coefficient (Wildman–Crippen LogP) is 7.57. The van der Waals surface area contributed by atoms with Crippen LogP contribution in [0, 0.1) is 11.3 Å². The SMILES string of the molecule is C=C/C=C(/NC(=O)OC(C)(C)C)C(C)CCc1csc(CC)c1.CC.CCC(=O)NO.CCC(C)(C)CNC=O. The van der Waals surface area contributed by atoms with E-state index in [2.05, 4.69) is 63.3 Å². The molecule has 8 nitrogen and oxygen atoms in total. The summed E-state index contributed by atoms with van der Waals surface area (Å²) in [5.74, 6) is -0.125. The van der Waals surface area contributed by atoms with E-state index in [0.29, 0.717) is 6.42 Å². The van der Waals surface area contributed by atoms with E-state index in [1.165, 1.54) is 15.9 Å². The average molecular weight is 584 g/mol. The molecule has 40 heavy (non-hydrogen) atoms. The Kier molecular flexibility index (Phi) is 25.3. The highest BCUT2D eigenvalue weighted by Crippen LogP contribution is 2.21. The molecule has 232 valence electrons. The van der Waals surface area contributed by atoms with Crippen LogP contribution >= 0.6 is 11.3 Å². The zero-order chi connectivity index (χ0) is 31.8. The topological polar surface area (TPSA) is 117 Å². The first-order chi connectivity index (χ1) is 18.7. The molecule has 1 unspecified atom stereocenters. The lowest BCUT2D eigenvalue weighted by Crippen LogP contribution is -2.33. The van der Waals surface area contributed by atoms with Crippen LogP contribution in [0.2, 0.25) is 0 Å². The zero-order valence-electron chi connectivity index (χ0n) is 26.9. The standard InChI is InChI=1S/C19H29NO2S.C7H15NO.C3H7NO2.C2H6/c1-7-9-17(20-18(21)22-19(4,5)6)14(3)10-11-15-12-16(8-2)23-13-15;1-4-7(2,3)5-8-6-9;1-2-3(5)4-6;1-2/h7,9,12-14H,1,8,10-11H2,2-6H3,(H,20,21);6H,4-5H2,1-3H3,(H,8,9);6H,2H2,1H3,(H,4,5);1-2H3/b17-9+;;;. The van der Waals surface area contributed by atoms with Gasteiger partial charge in [-0.2, -0.15) is 0 Å². The molecule has 1 aromatic rings. The van der Waals surface area contributed by atoms with Gasteiger partial charge in [-0.1, -0.05) is 68.0 Å². The fourth-order valence-electron chi connectivity index (χ4n) is 2.68. The molecule has 0 saturated carbocycles. The molecule has 0 aliphatic carbocycles. The summed E-state index contributed by atoms with van der Waals surface area (Å²) in [5, 5.41) is 15.5. The average Bonchev–Trinajstić information content (AvgIpc) is 3.39. The van der Waals surface area contributed by atoms with E-state index in [-0.39, 0.29) is 17.2 Å². The first kappa shape index (κ1) is 41.8. The second kappa shape index (κ2) is 24.2. The number of hydrogen-bond acceptors (Lipinski definition) is 6. The highest BCUT2D eigenvalue weighted by molar-refractivity contribution is 7.10. The van der Waals surface area contributed by atoms with Crippen LogP contribution in [0.25, 0.3) is 0 Å². The summed E-state index contributed by atoms with van der Waals surface area (Å²) in [7, 11) is 0. The smallest absolute Gasteiger partial charge is 0.411 e. The second-order valence-electron chi connectivity index (χ2n) is 10.6. The minimum absolute atomic E-state index is 0.227. The van der Waals surface area contributed by atoms with Crippen LogP contribution in [-0.4, -0.2) is 35.8 Å². The van der Waals surface area contributed by atoms with E-state index in [9.17, 15) is 14.4 Å². The van der Waals surface area contributed by atoms with Gasteiger partial charge in [0.25, 0.3) is 0 Å². The Morgan fingerprint density at radius 2 is 1.75 bits per heavy atom. The van der Waals surface area contributed by atoms with Crippen molar-refractivity contribution >= 4 is 29.7 Å². The number of hydroxylamine groups is 1. The van der Waals surface area contributed by atoms with Gasteiger partial charge in [0, 0.05) is 23.5 Å². The predicted molar refractivity (Wildman–Crippen MR) is 169 cm³/mol. The lowest BCUT2D eigenvalue weighted by molar-refractivity contribution is -0.128. The number of alkyl carbamates (subject to hydrolysis) is 1. The fraction of sp³-hybridized carbons (Fsp3) is 0.645. The summed E-state index contributed by atoms with van der Waals surface area (Å²) in [6.45, 7) is 26.4. The third kappa shape index (κ3) is 24.4. The zero-order valence-corrected chi connectivity index (χ0v) is 27.7. The monoisotopic (exact) mass is 583 g/mol. The van der Waals surface area contributed by atoms with Crippen molar-refractivity contribution in [1.82, 2.24) is 16.1 Å². The van der Waals surface area contributed by atoms with Gasteiger partial charge in [0.05, 0.1) is 0 Å². The molecule has 9 heteroatoms. The van der Waals surface area contributed by atoms with Gasteiger partial charge >= 0.3 is 6.09 Å². The number of carbonyl (C=O) groups excluding carboxylic acids is 3. The Balaban J connectivity index is -0.000000660. The summed E-state index contributed by atoms with van der Waals surface area (Å²) in [4.78, 5) is 33.1. The number of rotatable bonds is 12. The number of thiophene rings is 1. The highest BCUT2D eigenvalue weighted by Gasteiger charge is 2.19. The molecule has 1 heterocycles. The third-order valence-electron chi connectivity index (χ3n) is 5.46. The van der Waals surface area contributed by atoms with Crippen LogP contribution in [-0.2, 0) is 27.2 Å². The summed E-state index contributed by atoms with van der Waals surface area (Å²) < 4.78 is 5.32. The Morgan fingerprint density at radius 3 is 2.12 bits per heavy atom. The van der Waals surface area contributed by atoms with E-state index in [4.69, 9.17) is 9.94 Å². The van der Waals surface area contributed by atoms with Gasteiger partial charge in [0.15, 0.2) is 0 Å². The van der Waals surface area contributed by atoms with E-state index in [0.717, 1.165) is 44.3 Å². The lowest BCUT2D eigenvalue weighted by Gasteiger charge is -2.22. The first-order valence-electron chi connectivity index (χ1n) is 14.2. The summed E-state index contributed by atoms with van der Waals surface area (Å²) in [6, 6.07) is 2.27. The number of allylic oxidation sites excluding steroid dienone is 3. The molecular weight excluding hydrogens is 526 g/mol. The number of hydrogen-bond donors (Lipinski definition) is 4. The van der Waals surface area contributed by atoms with Gasteiger partial charge in [-0.15, -0.1) is 11.3 Å². The third-order valence-corrected chi connectivity index (χ3v) is 6.59. The van der Waals surface area contributed by atoms with Gasteiger partial charge in [0.1, 0.15) is 5.60 Å². The molecule has 1 atom stereocenters. The molecule has 0 aromatic carbocycles. The van der Waals surface area contributed by atoms with Crippen LogP contribution in [0.5, 0.6) is 0 Å². The van der Waals surface area contributed by atoms with Crippen LogP contribution in [0.3, 0.4) is 0 Å².